The van der Waals surface area contributed by atoms with E-state index in [9.17, 15) is 19.7 Å². The highest BCUT2D eigenvalue weighted by atomic mass is 35.5. The van der Waals surface area contributed by atoms with Gasteiger partial charge in [0.15, 0.2) is 18.1 Å². The quantitative estimate of drug-likeness (QED) is 0.0884. The maximum atomic E-state index is 12.5. The Bertz CT molecular complexity index is 1880. The molecule has 0 aliphatic heterocycles. The number of benzene rings is 3. The van der Waals surface area contributed by atoms with Crippen molar-refractivity contribution in [1.29, 1.82) is 0 Å². The predicted molar refractivity (Wildman–Crippen MR) is 172 cm³/mol. The molecule has 0 aliphatic rings. The smallest absolute Gasteiger partial charge is 0.311 e. The van der Waals surface area contributed by atoms with E-state index < -0.39 is 23.3 Å². The Kier molecular flexibility index (Phi) is 9.78. The number of anilines is 1. The number of aryl methyl sites for hydroxylation is 2. The van der Waals surface area contributed by atoms with E-state index in [1.165, 1.54) is 30.5 Å². The molecule has 0 bridgehead atoms. The number of nitro groups is 1. The minimum Gasteiger partial charge on any atom is -0.486 e. The molecular formula is C33H28ClN5O7. The summed E-state index contributed by atoms with van der Waals surface area (Å²) in [5.41, 5.74) is 6.05. The Morgan fingerprint density at radius 1 is 0.957 bits per heavy atom. The van der Waals surface area contributed by atoms with Gasteiger partial charge in [-0.3, -0.25) is 19.7 Å². The van der Waals surface area contributed by atoms with Crippen molar-refractivity contribution in [1.82, 2.24) is 9.99 Å². The minimum atomic E-state index is -0.646. The summed E-state index contributed by atoms with van der Waals surface area (Å²) < 4.78 is 18.9. The molecule has 0 saturated heterocycles. The lowest BCUT2D eigenvalue weighted by Gasteiger charge is -2.10. The second kappa shape index (κ2) is 14.3. The predicted octanol–water partition coefficient (Wildman–Crippen LogP) is 6.61. The summed E-state index contributed by atoms with van der Waals surface area (Å²) in [6, 6.07) is 25.4. The lowest BCUT2D eigenvalue weighted by molar-refractivity contribution is -0.385. The maximum Gasteiger partial charge on any atom is 0.311 e. The Balaban J connectivity index is 1.12. The summed E-state index contributed by atoms with van der Waals surface area (Å²) >= 11 is 5.83. The van der Waals surface area contributed by atoms with Gasteiger partial charge in [0, 0.05) is 39.4 Å². The first-order chi connectivity index (χ1) is 22.2. The number of carbonyl (C=O) groups is 2. The van der Waals surface area contributed by atoms with Gasteiger partial charge in [0.05, 0.1) is 11.1 Å². The fourth-order valence-corrected chi connectivity index (χ4v) is 4.60. The van der Waals surface area contributed by atoms with Gasteiger partial charge in [0.1, 0.15) is 18.1 Å². The molecule has 3 aromatic carbocycles. The number of rotatable bonds is 12. The molecule has 2 amide bonds. The standard InChI is InChI=1S/C33H28ClN5O7/c1-21-3-4-22(2)38(21)26-10-12-27(13-11-26)44-19-28-14-16-31(46-28)33(41)37-35-18-23-5-15-30(29(17-23)39(42)43)45-20-32(40)36-25-8-6-24(34)7-9-25/h3-18H,19-20H2,1-2H3,(H,36,40)(H,37,41)/b35-18+. The van der Waals surface area contributed by atoms with Crippen molar-refractivity contribution in [2.75, 3.05) is 11.9 Å². The minimum absolute atomic E-state index is 0.0104. The number of hydrogen-bond donors (Lipinski definition) is 2. The molecule has 12 nitrogen and oxygen atoms in total. The molecule has 5 aromatic rings. The number of ether oxygens (including phenoxy) is 2. The third-order valence-electron chi connectivity index (χ3n) is 6.68. The molecule has 5 rings (SSSR count). The van der Waals surface area contributed by atoms with E-state index in [2.05, 4.69) is 32.5 Å². The average Bonchev–Trinajstić information content (AvgIpc) is 3.66. The van der Waals surface area contributed by atoms with E-state index in [-0.39, 0.29) is 23.8 Å². The van der Waals surface area contributed by atoms with Crippen molar-refractivity contribution in [3.05, 3.63) is 135 Å². The number of nitrogens with zero attached hydrogens (tertiary/aromatic N) is 3. The summed E-state index contributed by atoms with van der Waals surface area (Å²) in [5, 5.41) is 18.6. The number of halogens is 1. The molecule has 0 aliphatic carbocycles. The van der Waals surface area contributed by atoms with Crippen LogP contribution in [0.1, 0.15) is 33.3 Å². The highest BCUT2D eigenvalue weighted by Crippen LogP contribution is 2.28. The second-order valence-corrected chi connectivity index (χ2v) is 10.5. The molecule has 0 atom stereocenters. The van der Waals surface area contributed by atoms with Crippen LogP contribution in [-0.2, 0) is 11.4 Å². The van der Waals surface area contributed by atoms with Gasteiger partial charge in [-0.1, -0.05) is 11.6 Å². The van der Waals surface area contributed by atoms with Crippen LogP contribution in [0.3, 0.4) is 0 Å². The first-order valence-electron chi connectivity index (χ1n) is 13.9. The van der Waals surface area contributed by atoms with Crippen molar-refractivity contribution in [2.45, 2.75) is 20.5 Å². The number of amides is 2. The topological polar surface area (TPSA) is 150 Å². The Labute approximate surface area is 268 Å². The van der Waals surface area contributed by atoms with Gasteiger partial charge in [-0.05, 0) is 98.8 Å². The fourth-order valence-electron chi connectivity index (χ4n) is 4.47. The number of hydrazone groups is 1. The summed E-state index contributed by atoms with van der Waals surface area (Å²) in [6.45, 7) is 3.74. The average molecular weight is 642 g/mol. The van der Waals surface area contributed by atoms with Gasteiger partial charge in [-0.25, -0.2) is 5.43 Å². The lowest BCUT2D eigenvalue weighted by Crippen LogP contribution is -2.20. The second-order valence-electron chi connectivity index (χ2n) is 10.0. The van der Waals surface area contributed by atoms with Gasteiger partial charge >= 0.3 is 11.6 Å². The van der Waals surface area contributed by atoms with Crippen LogP contribution in [0.15, 0.2) is 101 Å². The van der Waals surface area contributed by atoms with E-state index in [4.69, 9.17) is 25.5 Å². The number of hydrogen-bond acceptors (Lipinski definition) is 8. The zero-order chi connectivity index (χ0) is 32.6. The van der Waals surface area contributed by atoms with Crippen LogP contribution in [0.4, 0.5) is 11.4 Å². The van der Waals surface area contributed by atoms with Crippen molar-refractivity contribution in [3.8, 4) is 17.2 Å². The SMILES string of the molecule is Cc1ccc(C)n1-c1ccc(OCc2ccc(C(=O)N/N=C/c3ccc(OCC(=O)Nc4ccc(Cl)cc4)c([N+](=O)[O-])c3)o2)cc1. The molecule has 0 fully saturated rings. The van der Waals surface area contributed by atoms with Crippen LogP contribution in [0.5, 0.6) is 11.5 Å². The van der Waals surface area contributed by atoms with Crippen LogP contribution in [0.25, 0.3) is 5.69 Å². The van der Waals surface area contributed by atoms with Gasteiger partial charge in [0.2, 0.25) is 0 Å². The molecule has 46 heavy (non-hydrogen) atoms. The molecule has 0 unspecified atom stereocenters. The molecule has 13 heteroatoms. The number of carbonyl (C=O) groups excluding carboxylic acids is 2. The maximum absolute atomic E-state index is 12.5. The van der Waals surface area contributed by atoms with Gasteiger partial charge < -0.3 is 23.8 Å². The van der Waals surface area contributed by atoms with Gasteiger partial charge in [0.25, 0.3) is 5.91 Å². The third-order valence-corrected chi connectivity index (χ3v) is 6.93. The molecule has 0 radical (unpaired) electrons. The van der Waals surface area contributed by atoms with Crippen molar-refractivity contribution in [2.24, 2.45) is 5.10 Å². The first-order valence-corrected chi connectivity index (χ1v) is 14.3. The molecular weight excluding hydrogens is 614 g/mol. The summed E-state index contributed by atoms with van der Waals surface area (Å²) in [4.78, 5) is 35.7. The van der Waals surface area contributed by atoms with E-state index in [1.807, 2.05) is 38.1 Å². The van der Waals surface area contributed by atoms with E-state index in [0.29, 0.717) is 27.8 Å². The zero-order valence-electron chi connectivity index (χ0n) is 24.7. The van der Waals surface area contributed by atoms with Crippen LogP contribution >= 0.6 is 11.6 Å². The third kappa shape index (κ3) is 7.98. The summed E-state index contributed by atoms with van der Waals surface area (Å²) in [5.74, 6) is -0.148. The Morgan fingerprint density at radius 2 is 1.67 bits per heavy atom. The van der Waals surface area contributed by atoms with Crippen LogP contribution in [0.2, 0.25) is 5.02 Å². The molecule has 234 valence electrons. The van der Waals surface area contributed by atoms with E-state index in [1.54, 1.807) is 30.3 Å². The molecule has 0 saturated carbocycles. The van der Waals surface area contributed by atoms with Crippen LogP contribution < -0.4 is 20.2 Å². The highest BCUT2D eigenvalue weighted by Gasteiger charge is 2.17. The number of nitrogens with one attached hydrogen (secondary N) is 2. The molecule has 2 heterocycles. The van der Waals surface area contributed by atoms with Crippen molar-refractivity contribution in [3.63, 3.8) is 0 Å². The van der Waals surface area contributed by atoms with Gasteiger partial charge in [-0.2, -0.15) is 5.10 Å². The van der Waals surface area contributed by atoms with Crippen molar-refractivity contribution >= 4 is 41.0 Å². The summed E-state index contributed by atoms with van der Waals surface area (Å²) in [7, 11) is 0. The first kappa shape index (κ1) is 31.5. The summed E-state index contributed by atoms with van der Waals surface area (Å²) in [6.07, 6.45) is 1.23. The normalized spacial score (nSPS) is 10.9. The van der Waals surface area contributed by atoms with Crippen LogP contribution in [0, 0.1) is 24.0 Å². The Hall–Kier alpha value is -5.88. The lowest BCUT2D eigenvalue weighted by atomic mass is 10.2. The monoisotopic (exact) mass is 641 g/mol. The molecule has 2 aromatic heterocycles. The highest BCUT2D eigenvalue weighted by molar-refractivity contribution is 6.30. The zero-order valence-corrected chi connectivity index (χ0v) is 25.5. The largest absolute Gasteiger partial charge is 0.486 e. The van der Waals surface area contributed by atoms with Gasteiger partial charge in [-0.15, -0.1) is 0 Å². The molecule has 0 spiro atoms. The van der Waals surface area contributed by atoms with E-state index in [0.717, 1.165) is 17.1 Å². The number of furan rings is 1. The molecule has 2 N–H and O–H groups in total. The van der Waals surface area contributed by atoms with Crippen LogP contribution in [-0.4, -0.2) is 34.1 Å². The number of nitro benzene ring substituents is 1. The van der Waals surface area contributed by atoms with E-state index >= 15 is 0 Å². The fraction of sp³-hybridized carbons (Fsp3) is 0.121. The van der Waals surface area contributed by atoms with Crippen molar-refractivity contribution < 1.29 is 28.4 Å². The number of aromatic nitrogens is 1. The Morgan fingerprint density at radius 3 is 2.37 bits per heavy atom.